The summed E-state index contributed by atoms with van der Waals surface area (Å²) in [6.45, 7) is 5.90. The Morgan fingerprint density at radius 1 is 0.800 bits per heavy atom. The average molecular weight is 400 g/mol. The highest BCUT2D eigenvalue weighted by atomic mass is 16.1. The first-order valence-corrected chi connectivity index (χ1v) is 10.8. The van der Waals surface area contributed by atoms with Crippen LogP contribution in [0.1, 0.15) is 27.1 Å². The van der Waals surface area contributed by atoms with Gasteiger partial charge in [-0.2, -0.15) is 0 Å². The van der Waals surface area contributed by atoms with Gasteiger partial charge in [-0.05, 0) is 10.8 Å². The molecule has 3 heterocycles. The van der Waals surface area contributed by atoms with Crippen LogP contribution in [-0.4, -0.2) is 66.3 Å². The zero-order chi connectivity index (χ0) is 20.6. The van der Waals surface area contributed by atoms with Crippen molar-refractivity contribution in [2.45, 2.75) is 12.5 Å². The molecule has 3 saturated heterocycles. The molecule has 0 N–H and O–H groups in total. The van der Waals surface area contributed by atoms with Crippen LogP contribution in [0.5, 0.6) is 0 Å². The zero-order valence-corrected chi connectivity index (χ0v) is 17.2. The van der Waals surface area contributed by atoms with Gasteiger partial charge < -0.3 is 4.48 Å². The number of ketones is 2. The van der Waals surface area contributed by atoms with Crippen molar-refractivity contribution in [1.82, 2.24) is 4.90 Å². The number of hydrogen-bond acceptors (Lipinski definition) is 3. The lowest BCUT2D eigenvalue weighted by atomic mass is 9.90. The van der Waals surface area contributed by atoms with Crippen LogP contribution >= 0.6 is 0 Å². The highest BCUT2D eigenvalue weighted by molar-refractivity contribution is 6.10. The van der Waals surface area contributed by atoms with E-state index < -0.39 is 0 Å². The normalized spacial score (nSPS) is 23.9. The summed E-state index contributed by atoms with van der Waals surface area (Å²) in [5.41, 5.74) is 1.45. The van der Waals surface area contributed by atoms with Gasteiger partial charge >= 0.3 is 0 Å². The van der Waals surface area contributed by atoms with Gasteiger partial charge in [0.15, 0.2) is 11.8 Å². The minimum atomic E-state index is -0.318. The number of quaternary nitrogens is 1. The van der Waals surface area contributed by atoms with Crippen LogP contribution in [0.25, 0.3) is 10.8 Å². The number of Topliss-reactive ketones (excluding diaryl/α,β-unsaturated/α-hetero) is 2. The molecule has 0 amide bonds. The molecule has 0 spiro atoms. The fraction of sp³-hybridized carbons (Fsp3) is 0.308. The molecule has 6 rings (SSSR count). The number of rotatable bonds is 6. The molecule has 3 aromatic carbocycles. The van der Waals surface area contributed by atoms with Crippen molar-refractivity contribution in [2.24, 2.45) is 0 Å². The Kier molecular flexibility index (Phi) is 4.97. The van der Waals surface area contributed by atoms with E-state index in [-0.39, 0.29) is 24.0 Å². The van der Waals surface area contributed by atoms with Gasteiger partial charge in [0, 0.05) is 30.8 Å². The van der Waals surface area contributed by atoms with Gasteiger partial charge in [-0.1, -0.05) is 72.8 Å². The summed E-state index contributed by atoms with van der Waals surface area (Å²) in [5, 5.41) is 2.03. The summed E-state index contributed by atoms with van der Waals surface area (Å²) in [5.74, 6) is 0.182. The molecule has 0 aromatic heterocycles. The lowest BCUT2D eigenvalue weighted by Crippen LogP contribution is -2.72. The Hall–Kier alpha value is -2.82. The first-order chi connectivity index (χ1) is 14.7. The van der Waals surface area contributed by atoms with E-state index in [0.29, 0.717) is 5.56 Å². The highest BCUT2D eigenvalue weighted by Crippen LogP contribution is 2.30. The first kappa shape index (κ1) is 19.2. The molecule has 4 nitrogen and oxygen atoms in total. The number of benzene rings is 3. The van der Waals surface area contributed by atoms with Crippen LogP contribution in [0.4, 0.5) is 0 Å². The standard InChI is InChI=1S/C26H27N2O2/c29-25(23-12-6-10-20-7-4-5-11-22(20)23)19-24(26(30)21-8-2-1-3-9-21)28-16-13-27(14-17-28)15-18-28/h1-12,24H,13-19H2/q+1. The maximum atomic E-state index is 13.7. The van der Waals surface area contributed by atoms with E-state index in [4.69, 9.17) is 0 Å². The number of carbonyl (C=O) groups is 2. The van der Waals surface area contributed by atoms with Gasteiger partial charge in [0.05, 0.1) is 26.1 Å². The fourth-order valence-electron chi connectivity index (χ4n) is 5.24. The molecule has 1 unspecified atom stereocenters. The summed E-state index contributed by atoms with van der Waals surface area (Å²) in [4.78, 5) is 29.7. The fourth-order valence-corrected chi connectivity index (χ4v) is 5.24. The molecule has 3 aromatic rings. The molecule has 0 saturated carbocycles. The van der Waals surface area contributed by atoms with Crippen LogP contribution in [0, 0.1) is 0 Å². The van der Waals surface area contributed by atoms with Crippen molar-refractivity contribution in [3.05, 3.63) is 83.9 Å². The van der Waals surface area contributed by atoms with Crippen LogP contribution < -0.4 is 0 Å². The predicted octanol–water partition coefficient (Wildman–Crippen LogP) is 3.81. The zero-order valence-electron chi connectivity index (χ0n) is 17.2. The molecule has 3 aliphatic rings. The second-order valence-corrected chi connectivity index (χ2v) is 8.63. The Balaban J connectivity index is 1.52. The van der Waals surface area contributed by atoms with Crippen LogP contribution in [0.3, 0.4) is 0 Å². The van der Waals surface area contributed by atoms with Gasteiger partial charge in [-0.3, -0.25) is 14.5 Å². The van der Waals surface area contributed by atoms with Gasteiger partial charge in [0.25, 0.3) is 0 Å². The minimum Gasteiger partial charge on any atom is -0.311 e. The molecule has 0 radical (unpaired) electrons. The predicted molar refractivity (Wildman–Crippen MR) is 119 cm³/mol. The van der Waals surface area contributed by atoms with Crippen molar-refractivity contribution < 1.29 is 14.1 Å². The summed E-state index contributed by atoms with van der Waals surface area (Å²) < 4.78 is 0.751. The van der Waals surface area contributed by atoms with Crippen LogP contribution in [-0.2, 0) is 0 Å². The number of carbonyl (C=O) groups excluding carboxylic acids is 2. The number of fused-ring (bicyclic) bond motifs is 4. The smallest absolute Gasteiger partial charge is 0.220 e. The van der Waals surface area contributed by atoms with Gasteiger partial charge in [-0.15, -0.1) is 0 Å². The third-order valence-corrected chi connectivity index (χ3v) is 7.08. The largest absolute Gasteiger partial charge is 0.311 e. The summed E-state index contributed by atoms with van der Waals surface area (Å²) in [6.07, 6.45) is 0.266. The second kappa shape index (κ2) is 7.78. The van der Waals surface area contributed by atoms with Gasteiger partial charge in [0.1, 0.15) is 0 Å². The number of piperazine rings is 3. The average Bonchev–Trinajstić information content (AvgIpc) is 2.83. The SMILES string of the molecule is O=C(CC(C(=O)c1ccccc1)[N+]12CCN(CC1)CC2)c1cccc2ccccc12. The van der Waals surface area contributed by atoms with Crippen molar-refractivity contribution in [3.8, 4) is 0 Å². The van der Waals surface area contributed by atoms with Crippen molar-refractivity contribution in [2.75, 3.05) is 39.3 Å². The molecule has 4 heteroatoms. The molecular formula is C26H27N2O2+. The van der Waals surface area contributed by atoms with Gasteiger partial charge in [0.2, 0.25) is 5.78 Å². The molecule has 152 valence electrons. The lowest BCUT2D eigenvalue weighted by Gasteiger charge is -2.53. The highest BCUT2D eigenvalue weighted by Gasteiger charge is 2.48. The van der Waals surface area contributed by atoms with Crippen molar-refractivity contribution in [3.63, 3.8) is 0 Å². The van der Waals surface area contributed by atoms with E-state index in [0.717, 1.165) is 60.1 Å². The third kappa shape index (κ3) is 3.36. The first-order valence-electron chi connectivity index (χ1n) is 10.8. The maximum absolute atomic E-state index is 13.7. The van der Waals surface area contributed by atoms with E-state index >= 15 is 0 Å². The van der Waals surface area contributed by atoms with Crippen LogP contribution in [0.15, 0.2) is 72.8 Å². The summed E-state index contributed by atoms with van der Waals surface area (Å²) in [6, 6.07) is 23.1. The molecule has 30 heavy (non-hydrogen) atoms. The molecule has 1 atom stereocenters. The lowest BCUT2D eigenvalue weighted by molar-refractivity contribution is -0.954. The van der Waals surface area contributed by atoms with E-state index in [1.165, 1.54) is 0 Å². The topological polar surface area (TPSA) is 37.4 Å². The Labute approximate surface area is 177 Å². The third-order valence-electron chi connectivity index (χ3n) is 7.08. The number of nitrogens with zero attached hydrogens (tertiary/aromatic N) is 2. The van der Waals surface area contributed by atoms with Crippen molar-refractivity contribution >= 4 is 22.3 Å². The molecule has 3 fully saturated rings. The minimum absolute atomic E-state index is 0.0709. The maximum Gasteiger partial charge on any atom is 0.220 e. The molecule has 3 aliphatic heterocycles. The van der Waals surface area contributed by atoms with Crippen molar-refractivity contribution in [1.29, 1.82) is 0 Å². The molecule has 2 bridgehead atoms. The van der Waals surface area contributed by atoms with E-state index in [2.05, 4.69) is 4.90 Å². The van der Waals surface area contributed by atoms with Gasteiger partial charge in [-0.25, -0.2) is 0 Å². The Bertz CT molecular complexity index is 1070. The Morgan fingerprint density at radius 3 is 2.17 bits per heavy atom. The van der Waals surface area contributed by atoms with E-state index in [9.17, 15) is 9.59 Å². The molecule has 0 aliphatic carbocycles. The van der Waals surface area contributed by atoms with Crippen LogP contribution in [0.2, 0.25) is 0 Å². The van der Waals surface area contributed by atoms with E-state index in [1.54, 1.807) is 0 Å². The Morgan fingerprint density at radius 2 is 1.43 bits per heavy atom. The second-order valence-electron chi connectivity index (χ2n) is 8.63. The molecular weight excluding hydrogens is 372 g/mol. The summed E-state index contributed by atoms with van der Waals surface area (Å²) in [7, 11) is 0. The number of hydrogen-bond donors (Lipinski definition) is 0. The van der Waals surface area contributed by atoms with E-state index in [1.807, 2.05) is 72.8 Å². The summed E-state index contributed by atoms with van der Waals surface area (Å²) >= 11 is 0. The monoisotopic (exact) mass is 399 g/mol. The quantitative estimate of drug-likeness (QED) is 0.467.